The maximum atomic E-state index is 5.97. The van der Waals surface area contributed by atoms with Gasteiger partial charge in [-0.15, -0.1) is 0 Å². The summed E-state index contributed by atoms with van der Waals surface area (Å²) < 4.78 is 0. The van der Waals surface area contributed by atoms with Crippen LogP contribution in [0.15, 0.2) is 29.3 Å². The van der Waals surface area contributed by atoms with Crippen molar-refractivity contribution < 1.29 is 0 Å². The van der Waals surface area contributed by atoms with Gasteiger partial charge in [0.2, 0.25) is 0 Å². The van der Waals surface area contributed by atoms with Crippen molar-refractivity contribution in [3.63, 3.8) is 0 Å². The number of rotatable bonds is 8. The maximum Gasteiger partial charge on any atom is 0.193 e. The van der Waals surface area contributed by atoms with Gasteiger partial charge in [0, 0.05) is 18.3 Å². The van der Waals surface area contributed by atoms with Crippen molar-refractivity contribution in [2.75, 3.05) is 25.0 Å². The molecule has 1 atom stereocenters. The smallest absolute Gasteiger partial charge is 0.193 e. The Balaban J connectivity index is 1.80. The Morgan fingerprint density at radius 2 is 2.00 bits per heavy atom. The highest BCUT2D eigenvalue weighted by Crippen LogP contribution is 2.26. The highest BCUT2D eigenvalue weighted by molar-refractivity contribution is 5.92. The molecule has 1 aliphatic carbocycles. The highest BCUT2D eigenvalue weighted by atomic mass is 15.2. The average Bonchev–Trinajstić information content (AvgIpc) is 3.36. The summed E-state index contributed by atoms with van der Waals surface area (Å²) in [6.07, 6.45) is 3.84. The fraction of sp³-hybridized carbons (Fsp3) is 0.611. The monoisotopic (exact) mass is 302 g/mol. The molecular weight excluding hydrogens is 272 g/mol. The fourth-order valence-electron chi connectivity index (χ4n) is 2.66. The molecule has 1 unspecified atom stereocenters. The molecule has 0 bridgehead atoms. The van der Waals surface area contributed by atoms with Gasteiger partial charge in [-0.05, 0) is 49.4 Å². The quantitative estimate of drug-likeness (QED) is 0.571. The van der Waals surface area contributed by atoms with Crippen LogP contribution in [0.25, 0.3) is 0 Å². The third-order valence-electron chi connectivity index (χ3n) is 4.50. The van der Waals surface area contributed by atoms with Gasteiger partial charge < -0.3 is 11.1 Å². The van der Waals surface area contributed by atoms with Crippen molar-refractivity contribution in [2.24, 2.45) is 10.7 Å². The summed E-state index contributed by atoms with van der Waals surface area (Å²) in [6.45, 7) is 9.53. The number of aliphatic imine (C=N–C) groups is 1. The van der Waals surface area contributed by atoms with Crippen molar-refractivity contribution in [2.45, 2.75) is 52.0 Å². The van der Waals surface area contributed by atoms with Crippen LogP contribution in [0, 0.1) is 0 Å². The zero-order chi connectivity index (χ0) is 15.9. The molecule has 0 saturated heterocycles. The summed E-state index contributed by atoms with van der Waals surface area (Å²) in [4.78, 5) is 6.92. The van der Waals surface area contributed by atoms with Gasteiger partial charge in [0.25, 0.3) is 0 Å². The maximum absolute atomic E-state index is 5.97. The van der Waals surface area contributed by atoms with E-state index in [9.17, 15) is 0 Å². The molecule has 0 spiro atoms. The second kappa shape index (κ2) is 8.18. The first kappa shape index (κ1) is 16.8. The molecular formula is C18H30N4. The van der Waals surface area contributed by atoms with E-state index < -0.39 is 0 Å². The topological polar surface area (TPSA) is 53.6 Å². The minimum Gasteiger partial charge on any atom is -0.370 e. The number of hydrogen-bond acceptors (Lipinski definition) is 2. The van der Waals surface area contributed by atoms with Gasteiger partial charge in [-0.25, -0.2) is 0 Å². The van der Waals surface area contributed by atoms with Crippen LogP contribution in [0.4, 0.5) is 5.69 Å². The molecule has 1 aromatic rings. The van der Waals surface area contributed by atoms with E-state index in [1.165, 1.54) is 18.4 Å². The summed E-state index contributed by atoms with van der Waals surface area (Å²) in [5, 5.41) is 3.17. The van der Waals surface area contributed by atoms with E-state index in [-0.39, 0.29) is 0 Å². The van der Waals surface area contributed by atoms with Crippen molar-refractivity contribution >= 4 is 11.6 Å². The predicted molar refractivity (Wildman–Crippen MR) is 95.5 cm³/mol. The largest absolute Gasteiger partial charge is 0.370 e. The van der Waals surface area contributed by atoms with Gasteiger partial charge in [-0.2, -0.15) is 0 Å². The number of guanidine groups is 1. The van der Waals surface area contributed by atoms with Crippen molar-refractivity contribution in [3.8, 4) is 0 Å². The minimum atomic E-state index is 0.503. The predicted octanol–water partition coefficient (Wildman–Crippen LogP) is 3.41. The molecule has 122 valence electrons. The molecule has 1 aliphatic rings. The van der Waals surface area contributed by atoms with E-state index in [4.69, 9.17) is 5.73 Å². The van der Waals surface area contributed by atoms with Crippen LogP contribution in [0.5, 0.6) is 0 Å². The van der Waals surface area contributed by atoms with Crippen LogP contribution in [-0.2, 0) is 0 Å². The van der Waals surface area contributed by atoms with E-state index >= 15 is 0 Å². The zero-order valence-electron chi connectivity index (χ0n) is 14.2. The third-order valence-corrected chi connectivity index (χ3v) is 4.50. The van der Waals surface area contributed by atoms with Crippen LogP contribution in [0.3, 0.4) is 0 Å². The minimum absolute atomic E-state index is 0.503. The first-order valence-electron chi connectivity index (χ1n) is 8.55. The summed E-state index contributed by atoms with van der Waals surface area (Å²) in [5.74, 6) is 1.10. The van der Waals surface area contributed by atoms with Crippen LogP contribution in [0.2, 0.25) is 0 Å². The molecule has 2 rings (SSSR count). The molecule has 1 aromatic carbocycles. The number of nitrogens with zero attached hydrogens (tertiary/aromatic N) is 2. The first-order valence-corrected chi connectivity index (χ1v) is 8.55. The average molecular weight is 302 g/mol. The lowest BCUT2D eigenvalue weighted by Crippen LogP contribution is -2.30. The lowest BCUT2D eigenvalue weighted by Gasteiger charge is -2.18. The first-order chi connectivity index (χ1) is 10.6. The van der Waals surface area contributed by atoms with Crippen molar-refractivity contribution in [3.05, 3.63) is 29.8 Å². The van der Waals surface area contributed by atoms with Gasteiger partial charge in [0.1, 0.15) is 0 Å². The molecule has 0 aliphatic heterocycles. The summed E-state index contributed by atoms with van der Waals surface area (Å²) >= 11 is 0. The normalized spacial score (nSPS) is 16.8. The Morgan fingerprint density at radius 1 is 1.32 bits per heavy atom. The second-order valence-corrected chi connectivity index (χ2v) is 6.18. The van der Waals surface area contributed by atoms with E-state index in [1.54, 1.807) is 0 Å². The molecule has 1 fully saturated rings. The Labute approximate surface area is 134 Å². The van der Waals surface area contributed by atoms with Crippen LogP contribution >= 0.6 is 0 Å². The number of benzene rings is 1. The standard InChI is InChI=1S/C18H30N4/c1-4-14(3)15-6-8-16(9-7-15)21-18(19)20-12-13-22(5-2)17-10-11-17/h6-9,14,17H,4-5,10-13H2,1-3H3,(H3,19,20,21). The number of likely N-dealkylation sites (N-methyl/N-ethyl adjacent to an activating group) is 1. The molecule has 1 saturated carbocycles. The highest BCUT2D eigenvalue weighted by Gasteiger charge is 2.26. The number of nitrogens with one attached hydrogen (secondary N) is 1. The fourth-order valence-corrected chi connectivity index (χ4v) is 2.66. The Kier molecular flexibility index (Phi) is 6.25. The molecule has 0 amide bonds. The zero-order valence-corrected chi connectivity index (χ0v) is 14.2. The lowest BCUT2D eigenvalue weighted by atomic mass is 9.99. The molecule has 4 heteroatoms. The van der Waals surface area contributed by atoms with Crippen LogP contribution < -0.4 is 11.1 Å². The van der Waals surface area contributed by atoms with E-state index in [1.807, 2.05) is 0 Å². The second-order valence-electron chi connectivity index (χ2n) is 6.18. The van der Waals surface area contributed by atoms with E-state index in [0.717, 1.165) is 37.8 Å². The molecule has 3 N–H and O–H groups in total. The summed E-state index contributed by atoms with van der Waals surface area (Å²) in [6, 6.07) is 9.27. The Morgan fingerprint density at radius 3 is 2.55 bits per heavy atom. The van der Waals surface area contributed by atoms with Crippen molar-refractivity contribution in [1.29, 1.82) is 0 Å². The molecule has 4 nitrogen and oxygen atoms in total. The summed E-state index contributed by atoms with van der Waals surface area (Å²) in [5.41, 5.74) is 8.34. The van der Waals surface area contributed by atoms with Gasteiger partial charge in [-0.1, -0.05) is 32.9 Å². The Hall–Kier alpha value is -1.55. The SMILES string of the molecule is CCC(C)c1ccc(NC(N)=NCCN(CC)C2CC2)cc1. The summed E-state index contributed by atoms with van der Waals surface area (Å²) in [7, 11) is 0. The van der Waals surface area contributed by atoms with Gasteiger partial charge >= 0.3 is 0 Å². The molecule has 0 aromatic heterocycles. The lowest BCUT2D eigenvalue weighted by molar-refractivity contribution is 0.286. The Bertz CT molecular complexity index is 476. The number of anilines is 1. The van der Waals surface area contributed by atoms with E-state index in [2.05, 4.69) is 60.2 Å². The molecule has 0 heterocycles. The van der Waals surface area contributed by atoms with E-state index in [0.29, 0.717) is 11.9 Å². The van der Waals surface area contributed by atoms with Gasteiger partial charge in [0.05, 0.1) is 6.54 Å². The molecule has 0 radical (unpaired) electrons. The number of nitrogens with two attached hydrogens (primary N) is 1. The van der Waals surface area contributed by atoms with Gasteiger partial charge in [-0.3, -0.25) is 9.89 Å². The number of hydrogen-bond donors (Lipinski definition) is 2. The van der Waals surface area contributed by atoms with Crippen LogP contribution in [0.1, 0.15) is 51.5 Å². The van der Waals surface area contributed by atoms with Crippen molar-refractivity contribution in [1.82, 2.24) is 4.90 Å². The molecule has 22 heavy (non-hydrogen) atoms. The van der Waals surface area contributed by atoms with Crippen LogP contribution in [-0.4, -0.2) is 36.5 Å². The van der Waals surface area contributed by atoms with Gasteiger partial charge in [0.15, 0.2) is 5.96 Å². The third kappa shape index (κ3) is 5.02.